The van der Waals surface area contributed by atoms with Gasteiger partial charge in [0.05, 0.1) is 6.10 Å². The summed E-state index contributed by atoms with van der Waals surface area (Å²) in [6.45, 7) is 5.95. The highest BCUT2D eigenvalue weighted by Crippen LogP contribution is 2.34. The van der Waals surface area contributed by atoms with Crippen molar-refractivity contribution in [3.8, 4) is 0 Å². The van der Waals surface area contributed by atoms with Gasteiger partial charge in [-0.2, -0.15) is 0 Å². The topological polar surface area (TPSA) is 40.5 Å². The molecule has 0 aliphatic rings. The molecular formula is C14H22O2S. The molecule has 0 unspecified atom stereocenters. The Morgan fingerprint density at radius 1 is 1.24 bits per heavy atom. The second kappa shape index (κ2) is 6.43. The number of hydrogen-bond donors (Lipinski definition) is 2. The Morgan fingerprint density at radius 3 is 2.35 bits per heavy atom. The molecule has 2 atom stereocenters. The summed E-state index contributed by atoms with van der Waals surface area (Å²) in [6.07, 6.45) is -0.499. The van der Waals surface area contributed by atoms with Crippen LogP contribution in [0, 0.1) is 5.92 Å². The third-order valence-corrected chi connectivity index (χ3v) is 4.46. The lowest BCUT2D eigenvalue weighted by molar-refractivity contribution is 0.0550. The molecule has 1 aromatic rings. The van der Waals surface area contributed by atoms with Gasteiger partial charge in [0.15, 0.2) is 0 Å². The van der Waals surface area contributed by atoms with Gasteiger partial charge in [0.25, 0.3) is 0 Å². The Kier molecular flexibility index (Phi) is 5.50. The number of benzene rings is 1. The van der Waals surface area contributed by atoms with Gasteiger partial charge in [-0.15, -0.1) is 11.8 Å². The highest BCUT2D eigenvalue weighted by atomic mass is 32.2. The third kappa shape index (κ3) is 4.34. The molecule has 0 radical (unpaired) electrons. The minimum absolute atomic E-state index is 0.0243. The maximum atomic E-state index is 10.1. The first-order valence-electron chi connectivity index (χ1n) is 5.94. The smallest absolute Gasteiger partial charge is 0.0728 e. The number of hydrogen-bond acceptors (Lipinski definition) is 3. The predicted molar refractivity (Wildman–Crippen MR) is 74.1 cm³/mol. The van der Waals surface area contributed by atoms with Crippen molar-refractivity contribution in [3.05, 3.63) is 35.9 Å². The number of thioether (sulfide) groups is 1. The van der Waals surface area contributed by atoms with Crippen LogP contribution in [0.5, 0.6) is 0 Å². The molecule has 1 aromatic carbocycles. The maximum absolute atomic E-state index is 10.1. The SMILES string of the molecule is C[C@H](CO)[C@@H](O)C(C)(C)SCc1ccccc1. The Bertz CT molecular complexity index is 324. The van der Waals surface area contributed by atoms with Gasteiger partial charge >= 0.3 is 0 Å². The first-order valence-corrected chi connectivity index (χ1v) is 6.92. The second-order valence-corrected chi connectivity index (χ2v) is 6.61. The highest BCUT2D eigenvalue weighted by Gasteiger charge is 2.32. The van der Waals surface area contributed by atoms with E-state index in [2.05, 4.69) is 12.1 Å². The van der Waals surface area contributed by atoms with Crippen LogP contribution in [0.15, 0.2) is 30.3 Å². The maximum Gasteiger partial charge on any atom is 0.0728 e. The molecule has 0 aliphatic heterocycles. The summed E-state index contributed by atoms with van der Waals surface area (Å²) >= 11 is 1.72. The van der Waals surface area contributed by atoms with E-state index in [1.807, 2.05) is 39.0 Å². The van der Waals surface area contributed by atoms with E-state index >= 15 is 0 Å². The van der Waals surface area contributed by atoms with Crippen LogP contribution < -0.4 is 0 Å². The zero-order valence-corrected chi connectivity index (χ0v) is 11.6. The van der Waals surface area contributed by atoms with Gasteiger partial charge in [-0.25, -0.2) is 0 Å². The Morgan fingerprint density at radius 2 is 1.82 bits per heavy atom. The lowest BCUT2D eigenvalue weighted by atomic mass is 9.95. The lowest BCUT2D eigenvalue weighted by Crippen LogP contribution is -2.39. The van der Waals surface area contributed by atoms with Crippen molar-refractivity contribution in [1.82, 2.24) is 0 Å². The summed E-state index contributed by atoms with van der Waals surface area (Å²) in [5.74, 6) is 0.788. The van der Waals surface area contributed by atoms with E-state index in [0.717, 1.165) is 5.75 Å². The fourth-order valence-corrected chi connectivity index (χ4v) is 2.85. The number of aliphatic hydroxyl groups excluding tert-OH is 2. The Balaban J connectivity index is 2.55. The third-order valence-electron chi connectivity index (χ3n) is 2.99. The van der Waals surface area contributed by atoms with Crippen LogP contribution in [-0.2, 0) is 5.75 Å². The predicted octanol–water partition coefficient (Wildman–Crippen LogP) is 2.69. The van der Waals surface area contributed by atoms with Crippen LogP contribution in [0.1, 0.15) is 26.3 Å². The summed E-state index contributed by atoms with van der Waals surface area (Å²) in [7, 11) is 0. The van der Waals surface area contributed by atoms with Crippen molar-refractivity contribution in [2.24, 2.45) is 5.92 Å². The molecule has 3 heteroatoms. The van der Waals surface area contributed by atoms with Crippen molar-refractivity contribution in [2.45, 2.75) is 37.4 Å². The molecule has 1 rings (SSSR count). The quantitative estimate of drug-likeness (QED) is 0.820. The Hall–Kier alpha value is -0.510. The molecule has 0 amide bonds. The average Bonchev–Trinajstić information content (AvgIpc) is 2.36. The molecule has 0 saturated heterocycles. The first kappa shape index (κ1) is 14.6. The van der Waals surface area contributed by atoms with E-state index < -0.39 is 6.10 Å². The van der Waals surface area contributed by atoms with Gasteiger partial charge < -0.3 is 10.2 Å². The summed E-state index contributed by atoms with van der Waals surface area (Å²) in [5.41, 5.74) is 1.26. The second-order valence-electron chi connectivity index (χ2n) is 4.98. The molecule has 0 aromatic heterocycles. The highest BCUT2D eigenvalue weighted by molar-refractivity contribution is 7.99. The summed E-state index contributed by atoms with van der Waals surface area (Å²) in [5, 5.41) is 19.2. The van der Waals surface area contributed by atoms with Gasteiger partial charge in [0, 0.05) is 23.0 Å². The minimum Gasteiger partial charge on any atom is -0.396 e. The van der Waals surface area contributed by atoms with Crippen LogP contribution in [0.4, 0.5) is 0 Å². The zero-order valence-electron chi connectivity index (χ0n) is 10.8. The summed E-state index contributed by atoms with van der Waals surface area (Å²) < 4.78 is -0.252. The minimum atomic E-state index is -0.499. The fourth-order valence-electron chi connectivity index (χ4n) is 1.71. The molecule has 2 nitrogen and oxygen atoms in total. The summed E-state index contributed by atoms with van der Waals surface area (Å²) in [6, 6.07) is 10.2. The zero-order chi connectivity index (χ0) is 12.9. The Labute approximate surface area is 108 Å². The molecule has 96 valence electrons. The molecule has 2 N–H and O–H groups in total. The van der Waals surface area contributed by atoms with E-state index in [4.69, 9.17) is 5.11 Å². The fraction of sp³-hybridized carbons (Fsp3) is 0.571. The van der Waals surface area contributed by atoms with Crippen molar-refractivity contribution in [3.63, 3.8) is 0 Å². The van der Waals surface area contributed by atoms with Gasteiger partial charge in [-0.05, 0) is 19.4 Å². The largest absolute Gasteiger partial charge is 0.396 e. The molecule has 0 bridgehead atoms. The van der Waals surface area contributed by atoms with Crippen LogP contribution in [0.2, 0.25) is 0 Å². The summed E-state index contributed by atoms with van der Waals surface area (Å²) in [4.78, 5) is 0. The van der Waals surface area contributed by atoms with Crippen LogP contribution in [0.25, 0.3) is 0 Å². The molecule has 0 spiro atoms. The van der Waals surface area contributed by atoms with E-state index in [9.17, 15) is 5.11 Å². The van der Waals surface area contributed by atoms with Crippen molar-refractivity contribution in [1.29, 1.82) is 0 Å². The molecular weight excluding hydrogens is 232 g/mol. The van der Waals surface area contributed by atoms with Crippen LogP contribution in [0.3, 0.4) is 0 Å². The number of rotatable bonds is 6. The van der Waals surface area contributed by atoms with E-state index in [-0.39, 0.29) is 17.3 Å². The van der Waals surface area contributed by atoms with Gasteiger partial charge in [0.1, 0.15) is 0 Å². The molecule has 0 saturated carbocycles. The van der Waals surface area contributed by atoms with Crippen LogP contribution in [-0.4, -0.2) is 27.7 Å². The van der Waals surface area contributed by atoms with E-state index in [0.29, 0.717) is 0 Å². The van der Waals surface area contributed by atoms with Crippen molar-refractivity contribution >= 4 is 11.8 Å². The van der Waals surface area contributed by atoms with Gasteiger partial charge in [0.2, 0.25) is 0 Å². The average molecular weight is 254 g/mol. The van der Waals surface area contributed by atoms with Crippen molar-refractivity contribution in [2.75, 3.05) is 6.61 Å². The molecule has 0 fully saturated rings. The molecule has 17 heavy (non-hydrogen) atoms. The van der Waals surface area contributed by atoms with Gasteiger partial charge in [-0.3, -0.25) is 0 Å². The van der Waals surface area contributed by atoms with Gasteiger partial charge in [-0.1, -0.05) is 37.3 Å². The molecule has 0 aliphatic carbocycles. The first-order chi connectivity index (χ1) is 7.97. The van der Waals surface area contributed by atoms with E-state index in [1.165, 1.54) is 5.56 Å². The van der Waals surface area contributed by atoms with Crippen molar-refractivity contribution < 1.29 is 10.2 Å². The monoisotopic (exact) mass is 254 g/mol. The number of aliphatic hydroxyl groups is 2. The standard InChI is InChI=1S/C14H22O2S/c1-11(9-15)13(16)14(2,3)17-10-12-7-5-4-6-8-12/h4-8,11,13,15-16H,9-10H2,1-3H3/t11-,13-/m1/s1. The van der Waals surface area contributed by atoms with E-state index in [1.54, 1.807) is 11.8 Å². The normalized spacial score (nSPS) is 15.6. The molecule has 0 heterocycles. The lowest BCUT2D eigenvalue weighted by Gasteiger charge is -2.33. The van der Waals surface area contributed by atoms with Crippen LogP contribution >= 0.6 is 11.8 Å².